The van der Waals surface area contributed by atoms with Crippen LogP contribution in [0, 0.1) is 5.41 Å². The van der Waals surface area contributed by atoms with Gasteiger partial charge in [-0.1, -0.05) is 30.3 Å². The lowest BCUT2D eigenvalue weighted by molar-refractivity contribution is -0.0941. The van der Waals surface area contributed by atoms with Gasteiger partial charge in [-0.15, -0.1) is 0 Å². The first-order valence-electron chi connectivity index (χ1n) is 6.96. The highest BCUT2D eigenvalue weighted by atomic mass is 16.3. The minimum atomic E-state index is -0.283. The number of aliphatic hydroxyl groups is 1. The normalized spacial score (nSPS) is 36.1. The van der Waals surface area contributed by atoms with Crippen molar-refractivity contribution in [2.75, 3.05) is 0 Å². The molecule has 3 saturated carbocycles. The maximum absolute atomic E-state index is 10.2. The molecule has 0 spiro atoms. The van der Waals surface area contributed by atoms with Gasteiger partial charge < -0.3 is 5.11 Å². The lowest BCUT2D eigenvalue weighted by atomic mass is 9.57. The van der Waals surface area contributed by atoms with Crippen molar-refractivity contribution in [3.8, 4) is 0 Å². The summed E-state index contributed by atoms with van der Waals surface area (Å²) in [4.78, 5) is 0. The summed E-state index contributed by atoms with van der Waals surface area (Å²) >= 11 is 0. The Balaban J connectivity index is 1.62. The summed E-state index contributed by atoms with van der Waals surface area (Å²) in [5, 5.41) is 10.2. The van der Waals surface area contributed by atoms with Gasteiger partial charge in [0.1, 0.15) is 0 Å². The zero-order valence-corrected chi connectivity index (χ0v) is 10.5. The topological polar surface area (TPSA) is 20.2 Å². The number of hydrogen-bond donors (Lipinski definition) is 1. The van der Waals surface area contributed by atoms with E-state index in [-0.39, 0.29) is 5.60 Å². The summed E-state index contributed by atoms with van der Waals surface area (Å²) < 4.78 is 0. The van der Waals surface area contributed by atoms with Crippen molar-refractivity contribution >= 4 is 0 Å². The van der Waals surface area contributed by atoms with Crippen LogP contribution >= 0.6 is 0 Å². The van der Waals surface area contributed by atoms with E-state index >= 15 is 0 Å². The van der Waals surface area contributed by atoms with Crippen LogP contribution in [0.4, 0.5) is 0 Å². The molecule has 92 valence electrons. The molecule has 3 fully saturated rings. The minimum absolute atomic E-state index is 0.283. The number of fused-ring (bicyclic) bond motifs is 3. The van der Waals surface area contributed by atoms with E-state index in [0.29, 0.717) is 5.41 Å². The molecule has 1 aromatic carbocycles. The highest BCUT2D eigenvalue weighted by Crippen LogP contribution is 2.54. The predicted octanol–water partition coefficient (Wildman–Crippen LogP) is 3.70. The minimum Gasteiger partial charge on any atom is -0.390 e. The molecule has 1 heteroatoms. The second-order valence-corrected chi connectivity index (χ2v) is 6.21. The first-order chi connectivity index (χ1) is 8.20. The molecule has 3 aliphatic carbocycles. The van der Waals surface area contributed by atoms with Crippen LogP contribution in [-0.4, -0.2) is 10.7 Å². The zero-order valence-electron chi connectivity index (χ0n) is 10.5. The van der Waals surface area contributed by atoms with Gasteiger partial charge in [-0.25, -0.2) is 0 Å². The van der Waals surface area contributed by atoms with E-state index in [4.69, 9.17) is 0 Å². The second kappa shape index (κ2) is 4.13. The Morgan fingerprint density at radius 1 is 0.882 bits per heavy atom. The molecule has 0 aliphatic heterocycles. The molecule has 1 aromatic rings. The first kappa shape index (κ1) is 11.3. The Kier molecular flexibility index (Phi) is 2.74. The van der Waals surface area contributed by atoms with E-state index in [1.165, 1.54) is 37.7 Å². The molecule has 1 nitrogen and oxygen atoms in total. The fourth-order valence-corrected chi connectivity index (χ4v) is 3.67. The average molecular weight is 230 g/mol. The van der Waals surface area contributed by atoms with Crippen molar-refractivity contribution in [1.82, 2.24) is 0 Å². The van der Waals surface area contributed by atoms with Crippen LogP contribution in [0.1, 0.15) is 50.5 Å². The Morgan fingerprint density at radius 3 is 2.06 bits per heavy atom. The van der Waals surface area contributed by atoms with Gasteiger partial charge in [0.05, 0.1) is 5.60 Å². The molecule has 0 radical (unpaired) electrons. The van der Waals surface area contributed by atoms with Gasteiger partial charge in [-0.2, -0.15) is 0 Å². The van der Waals surface area contributed by atoms with Gasteiger partial charge in [-0.05, 0) is 62.3 Å². The third kappa shape index (κ3) is 2.26. The molecule has 17 heavy (non-hydrogen) atoms. The summed E-state index contributed by atoms with van der Waals surface area (Å²) in [6.45, 7) is 0. The summed E-state index contributed by atoms with van der Waals surface area (Å²) in [7, 11) is 0. The van der Waals surface area contributed by atoms with Gasteiger partial charge >= 0.3 is 0 Å². The van der Waals surface area contributed by atoms with Gasteiger partial charge in [-0.3, -0.25) is 0 Å². The lowest BCUT2D eigenvalue weighted by Gasteiger charge is -2.51. The smallest absolute Gasteiger partial charge is 0.0648 e. The quantitative estimate of drug-likeness (QED) is 0.839. The van der Waals surface area contributed by atoms with Crippen molar-refractivity contribution in [2.24, 2.45) is 5.41 Å². The fraction of sp³-hybridized carbons (Fsp3) is 0.625. The van der Waals surface area contributed by atoms with Gasteiger partial charge in [0.15, 0.2) is 0 Å². The molecule has 0 saturated heterocycles. The molecule has 4 rings (SSSR count). The van der Waals surface area contributed by atoms with E-state index in [0.717, 1.165) is 19.3 Å². The highest BCUT2D eigenvalue weighted by molar-refractivity contribution is 5.15. The maximum Gasteiger partial charge on any atom is 0.0648 e. The van der Waals surface area contributed by atoms with Crippen LogP contribution in [0.25, 0.3) is 0 Å². The number of aryl methyl sites for hydroxylation is 1. The zero-order chi connectivity index (χ0) is 11.8. The maximum atomic E-state index is 10.2. The molecule has 0 heterocycles. The molecule has 0 atom stereocenters. The average Bonchev–Trinajstić information content (AvgIpc) is 2.40. The van der Waals surface area contributed by atoms with Crippen LogP contribution < -0.4 is 0 Å². The standard InChI is InChI=1S/C16H22O/c17-16-11-8-15(9-12-16,10-13-16)7-6-14-4-2-1-3-5-14/h1-5,17H,6-13H2. The van der Waals surface area contributed by atoms with E-state index < -0.39 is 0 Å². The van der Waals surface area contributed by atoms with Gasteiger partial charge in [0.2, 0.25) is 0 Å². The van der Waals surface area contributed by atoms with E-state index in [2.05, 4.69) is 30.3 Å². The van der Waals surface area contributed by atoms with Crippen molar-refractivity contribution in [1.29, 1.82) is 0 Å². The Labute approximate surface area is 104 Å². The Bertz CT molecular complexity index is 357. The van der Waals surface area contributed by atoms with Gasteiger partial charge in [0, 0.05) is 0 Å². The van der Waals surface area contributed by atoms with Crippen LogP contribution in [0.15, 0.2) is 30.3 Å². The fourth-order valence-electron chi connectivity index (χ4n) is 3.67. The number of rotatable bonds is 3. The molecule has 3 aliphatic rings. The number of hydrogen-bond acceptors (Lipinski definition) is 1. The van der Waals surface area contributed by atoms with Crippen molar-refractivity contribution in [3.63, 3.8) is 0 Å². The molecule has 0 amide bonds. The molecule has 2 bridgehead atoms. The Morgan fingerprint density at radius 2 is 1.47 bits per heavy atom. The summed E-state index contributed by atoms with van der Waals surface area (Å²) in [6.07, 6.45) is 9.39. The largest absolute Gasteiger partial charge is 0.390 e. The summed E-state index contributed by atoms with van der Waals surface area (Å²) in [5.74, 6) is 0. The molecule has 0 aromatic heterocycles. The predicted molar refractivity (Wildman–Crippen MR) is 69.8 cm³/mol. The Hall–Kier alpha value is -0.820. The van der Waals surface area contributed by atoms with E-state index in [9.17, 15) is 5.11 Å². The van der Waals surface area contributed by atoms with Crippen LogP contribution in [0.2, 0.25) is 0 Å². The molecular weight excluding hydrogens is 208 g/mol. The van der Waals surface area contributed by atoms with Crippen LogP contribution in [-0.2, 0) is 6.42 Å². The van der Waals surface area contributed by atoms with E-state index in [1.54, 1.807) is 0 Å². The van der Waals surface area contributed by atoms with E-state index in [1.807, 2.05) is 0 Å². The highest BCUT2D eigenvalue weighted by Gasteiger charge is 2.46. The SMILES string of the molecule is OC12CCC(CCc3ccccc3)(CC1)CC2. The molecule has 0 unspecified atom stereocenters. The first-order valence-corrected chi connectivity index (χ1v) is 6.96. The van der Waals surface area contributed by atoms with Crippen LogP contribution in [0.5, 0.6) is 0 Å². The molecular formula is C16H22O. The van der Waals surface area contributed by atoms with Crippen molar-refractivity contribution < 1.29 is 5.11 Å². The number of benzene rings is 1. The van der Waals surface area contributed by atoms with Crippen molar-refractivity contribution in [3.05, 3.63) is 35.9 Å². The summed E-state index contributed by atoms with van der Waals surface area (Å²) in [5.41, 5.74) is 1.74. The van der Waals surface area contributed by atoms with Gasteiger partial charge in [0.25, 0.3) is 0 Å². The third-order valence-electron chi connectivity index (χ3n) is 5.15. The third-order valence-corrected chi connectivity index (χ3v) is 5.15. The summed E-state index contributed by atoms with van der Waals surface area (Å²) in [6, 6.07) is 10.8. The second-order valence-electron chi connectivity index (χ2n) is 6.21. The monoisotopic (exact) mass is 230 g/mol. The van der Waals surface area contributed by atoms with Crippen LogP contribution in [0.3, 0.4) is 0 Å². The lowest BCUT2D eigenvalue weighted by Crippen LogP contribution is -2.46. The molecule has 1 N–H and O–H groups in total. The van der Waals surface area contributed by atoms with Crippen molar-refractivity contribution in [2.45, 2.75) is 57.0 Å².